The van der Waals surface area contributed by atoms with Gasteiger partial charge in [0, 0.05) is 12.7 Å². The second-order valence-electron chi connectivity index (χ2n) is 3.26. The predicted octanol–water partition coefficient (Wildman–Crippen LogP) is 1.90. The highest BCUT2D eigenvalue weighted by molar-refractivity contribution is 5.13. The molecule has 0 aliphatic rings. The van der Waals surface area contributed by atoms with Crippen LogP contribution in [0.5, 0.6) is 0 Å². The van der Waals surface area contributed by atoms with Crippen molar-refractivity contribution < 1.29 is 5.11 Å². The van der Waals surface area contributed by atoms with Crippen LogP contribution in [0.1, 0.15) is 32.6 Å². The highest BCUT2D eigenvalue weighted by Crippen LogP contribution is 2.14. The van der Waals surface area contributed by atoms with Gasteiger partial charge in [0.1, 0.15) is 6.10 Å². The number of allylic oxidation sites excluding steroid dienone is 1. The molecule has 13 heavy (non-hydrogen) atoms. The van der Waals surface area contributed by atoms with Crippen LogP contribution in [0.4, 0.5) is 0 Å². The third kappa shape index (κ3) is 2.42. The van der Waals surface area contributed by atoms with Crippen LogP contribution in [0.15, 0.2) is 23.9 Å². The number of aliphatic hydroxyl groups is 1. The third-order valence-corrected chi connectivity index (χ3v) is 1.84. The van der Waals surface area contributed by atoms with Gasteiger partial charge < -0.3 is 5.11 Å². The van der Waals surface area contributed by atoms with Crippen molar-refractivity contribution in [1.82, 2.24) is 9.78 Å². The molecule has 1 aromatic rings. The van der Waals surface area contributed by atoms with Crippen LogP contribution in [0.25, 0.3) is 0 Å². The van der Waals surface area contributed by atoms with E-state index in [0.717, 1.165) is 17.8 Å². The molecule has 1 atom stereocenters. The monoisotopic (exact) mass is 180 g/mol. The molecule has 0 radical (unpaired) electrons. The zero-order valence-electron chi connectivity index (χ0n) is 8.36. The van der Waals surface area contributed by atoms with E-state index in [0.29, 0.717) is 0 Å². The van der Waals surface area contributed by atoms with E-state index in [9.17, 15) is 5.11 Å². The summed E-state index contributed by atoms with van der Waals surface area (Å²) in [5.74, 6) is 0. The Morgan fingerprint density at radius 1 is 1.69 bits per heavy atom. The average Bonchev–Trinajstić information content (AvgIpc) is 2.49. The van der Waals surface area contributed by atoms with E-state index in [2.05, 4.69) is 5.10 Å². The summed E-state index contributed by atoms with van der Waals surface area (Å²) >= 11 is 0. The molecule has 0 saturated heterocycles. The SMILES string of the molecule is CCn1nccc1C(O)C=C(C)C. The zero-order valence-corrected chi connectivity index (χ0v) is 8.36. The molecule has 0 bridgehead atoms. The molecular weight excluding hydrogens is 164 g/mol. The summed E-state index contributed by atoms with van der Waals surface area (Å²) in [5, 5.41) is 13.8. The van der Waals surface area contributed by atoms with Crippen molar-refractivity contribution in [2.24, 2.45) is 0 Å². The van der Waals surface area contributed by atoms with Crippen LogP contribution in [-0.2, 0) is 6.54 Å². The molecule has 0 aromatic carbocycles. The molecule has 72 valence electrons. The first-order valence-electron chi connectivity index (χ1n) is 4.50. The Bertz CT molecular complexity index is 298. The third-order valence-electron chi connectivity index (χ3n) is 1.84. The number of aryl methyl sites for hydroxylation is 1. The molecule has 0 amide bonds. The number of aliphatic hydroxyl groups excluding tert-OH is 1. The molecule has 1 N–H and O–H groups in total. The van der Waals surface area contributed by atoms with Crippen molar-refractivity contribution in [3.63, 3.8) is 0 Å². The van der Waals surface area contributed by atoms with Gasteiger partial charge in [-0.25, -0.2) is 0 Å². The van der Waals surface area contributed by atoms with Crippen LogP contribution < -0.4 is 0 Å². The summed E-state index contributed by atoms with van der Waals surface area (Å²) in [5.41, 5.74) is 1.96. The van der Waals surface area contributed by atoms with E-state index in [1.807, 2.05) is 32.9 Å². The Kier molecular flexibility index (Phi) is 3.25. The number of nitrogens with zero attached hydrogens (tertiary/aromatic N) is 2. The van der Waals surface area contributed by atoms with Crippen LogP contribution in [-0.4, -0.2) is 14.9 Å². The van der Waals surface area contributed by atoms with Crippen LogP contribution in [0.3, 0.4) is 0 Å². The normalized spacial score (nSPS) is 12.6. The van der Waals surface area contributed by atoms with E-state index in [-0.39, 0.29) is 0 Å². The van der Waals surface area contributed by atoms with E-state index >= 15 is 0 Å². The maximum atomic E-state index is 9.75. The van der Waals surface area contributed by atoms with Gasteiger partial charge >= 0.3 is 0 Å². The van der Waals surface area contributed by atoms with Crippen molar-refractivity contribution >= 4 is 0 Å². The van der Waals surface area contributed by atoms with Gasteiger partial charge in [-0.15, -0.1) is 0 Å². The largest absolute Gasteiger partial charge is 0.383 e. The molecule has 3 heteroatoms. The van der Waals surface area contributed by atoms with E-state index in [4.69, 9.17) is 0 Å². The molecule has 0 saturated carbocycles. The highest BCUT2D eigenvalue weighted by Gasteiger charge is 2.08. The minimum atomic E-state index is -0.535. The van der Waals surface area contributed by atoms with Crippen molar-refractivity contribution in [1.29, 1.82) is 0 Å². The molecule has 0 aliphatic heterocycles. The minimum absolute atomic E-state index is 0.535. The lowest BCUT2D eigenvalue weighted by Crippen LogP contribution is -2.06. The van der Waals surface area contributed by atoms with Gasteiger partial charge in [0.05, 0.1) is 5.69 Å². The fraction of sp³-hybridized carbons (Fsp3) is 0.500. The zero-order chi connectivity index (χ0) is 9.84. The summed E-state index contributed by atoms with van der Waals surface area (Å²) in [6, 6.07) is 1.84. The quantitative estimate of drug-likeness (QED) is 0.721. The fourth-order valence-corrected chi connectivity index (χ4v) is 1.26. The summed E-state index contributed by atoms with van der Waals surface area (Å²) in [6.07, 6.45) is 3.00. The Hall–Kier alpha value is -1.09. The average molecular weight is 180 g/mol. The second kappa shape index (κ2) is 4.23. The summed E-state index contributed by atoms with van der Waals surface area (Å²) in [6.45, 7) is 6.73. The topological polar surface area (TPSA) is 38.0 Å². The Morgan fingerprint density at radius 3 is 2.92 bits per heavy atom. The Labute approximate surface area is 78.7 Å². The molecule has 0 spiro atoms. The lowest BCUT2D eigenvalue weighted by Gasteiger charge is -2.08. The van der Waals surface area contributed by atoms with Crippen LogP contribution in [0.2, 0.25) is 0 Å². The molecule has 3 nitrogen and oxygen atoms in total. The molecule has 0 fully saturated rings. The number of aromatic nitrogens is 2. The molecule has 1 rings (SSSR count). The van der Waals surface area contributed by atoms with E-state index < -0.39 is 6.10 Å². The first-order chi connectivity index (χ1) is 6.15. The van der Waals surface area contributed by atoms with Crippen molar-refractivity contribution in [2.75, 3.05) is 0 Å². The predicted molar refractivity (Wildman–Crippen MR) is 52.3 cm³/mol. The van der Waals surface area contributed by atoms with Crippen molar-refractivity contribution in [3.05, 3.63) is 29.6 Å². The maximum Gasteiger partial charge on any atom is 0.114 e. The van der Waals surface area contributed by atoms with Crippen LogP contribution >= 0.6 is 0 Å². The standard InChI is InChI=1S/C10H16N2O/c1-4-12-9(5-6-11-12)10(13)7-8(2)3/h5-7,10,13H,4H2,1-3H3. The summed E-state index contributed by atoms with van der Waals surface area (Å²) < 4.78 is 1.80. The Morgan fingerprint density at radius 2 is 2.38 bits per heavy atom. The summed E-state index contributed by atoms with van der Waals surface area (Å²) in [4.78, 5) is 0. The van der Waals surface area contributed by atoms with E-state index in [1.54, 1.807) is 10.9 Å². The molecule has 0 aliphatic carbocycles. The van der Waals surface area contributed by atoms with Gasteiger partial charge in [-0.2, -0.15) is 5.10 Å². The molecular formula is C10H16N2O. The first kappa shape index (κ1) is 9.99. The first-order valence-corrected chi connectivity index (χ1v) is 4.50. The lowest BCUT2D eigenvalue weighted by atomic mass is 10.2. The van der Waals surface area contributed by atoms with Crippen molar-refractivity contribution in [3.8, 4) is 0 Å². The lowest BCUT2D eigenvalue weighted by molar-refractivity contribution is 0.215. The van der Waals surface area contributed by atoms with Gasteiger partial charge in [-0.1, -0.05) is 11.6 Å². The Balaban J connectivity index is 2.88. The van der Waals surface area contributed by atoms with Gasteiger partial charge in [0.15, 0.2) is 0 Å². The second-order valence-corrected chi connectivity index (χ2v) is 3.26. The number of rotatable bonds is 3. The number of hydrogen-bond acceptors (Lipinski definition) is 2. The summed E-state index contributed by atoms with van der Waals surface area (Å²) in [7, 11) is 0. The molecule has 1 heterocycles. The van der Waals surface area contributed by atoms with Crippen LogP contribution in [0, 0.1) is 0 Å². The molecule has 1 aromatic heterocycles. The van der Waals surface area contributed by atoms with Crippen molar-refractivity contribution in [2.45, 2.75) is 33.4 Å². The maximum absolute atomic E-state index is 9.75. The fourth-order valence-electron chi connectivity index (χ4n) is 1.26. The number of hydrogen-bond donors (Lipinski definition) is 1. The van der Waals surface area contributed by atoms with Gasteiger partial charge in [0.25, 0.3) is 0 Å². The van der Waals surface area contributed by atoms with Gasteiger partial charge in [-0.05, 0) is 26.8 Å². The van der Waals surface area contributed by atoms with Gasteiger partial charge in [-0.3, -0.25) is 4.68 Å². The van der Waals surface area contributed by atoms with E-state index in [1.165, 1.54) is 0 Å². The minimum Gasteiger partial charge on any atom is -0.383 e. The van der Waals surface area contributed by atoms with Gasteiger partial charge in [0.2, 0.25) is 0 Å². The highest BCUT2D eigenvalue weighted by atomic mass is 16.3. The molecule has 1 unspecified atom stereocenters. The smallest absolute Gasteiger partial charge is 0.114 e.